The van der Waals surface area contributed by atoms with Crippen LogP contribution < -0.4 is 11.1 Å². The van der Waals surface area contributed by atoms with Crippen molar-refractivity contribution in [2.24, 2.45) is 5.73 Å². The van der Waals surface area contributed by atoms with Crippen molar-refractivity contribution in [1.29, 1.82) is 0 Å². The first-order valence-corrected chi connectivity index (χ1v) is 9.24. The molecule has 138 valence electrons. The maximum Gasteiger partial charge on any atom is 0.238 e. The van der Waals surface area contributed by atoms with E-state index in [2.05, 4.69) is 10.2 Å². The zero-order valence-electron chi connectivity index (χ0n) is 15.0. The van der Waals surface area contributed by atoms with Crippen LogP contribution >= 0.6 is 0 Å². The summed E-state index contributed by atoms with van der Waals surface area (Å²) in [6.45, 7) is 4.02. The highest BCUT2D eigenvalue weighted by atomic mass is 16.2. The van der Waals surface area contributed by atoms with E-state index in [0.29, 0.717) is 26.1 Å². The maximum absolute atomic E-state index is 12.2. The second kappa shape index (κ2) is 10.8. The number of anilines is 1. The minimum Gasteiger partial charge on any atom is -0.340 e. The van der Waals surface area contributed by atoms with Gasteiger partial charge in [-0.05, 0) is 31.5 Å². The molecule has 0 spiro atoms. The summed E-state index contributed by atoms with van der Waals surface area (Å²) >= 11 is 0. The van der Waals surface area contributed by atoms with Crippen molar-refractivity contribution in [1.82, 2.24) is 9.80 Å². The SMILES string of the molecule is NCCCCCCC(=O)N1CCN(CC(=O)Nc2ccccc2)CC1. The smallest absolute Gasteiger partial charge is 0.238 e. The fraction of sp³-hybridized carbons (Fsp3) is 0.579. The third-order valence-corrected chi connectivity index (χ3v) is 4.49. The van der Waals surface area contributed by atoms with Gasteiger partial charge >= 0.3 is 0 Å². The maximum atomic E-state index is 12.2. The van der Waals surface area contributed by atoms with Gasteiger partial charge in [-0.3, -0.25) is 14.5 Å². The van der Waals surface area contributed by atoms with Gasteiger partial charge in [0.05, 0.1) is 6.54 Å². The van der Waals surface area contributed by atoms with Crippen LogP contribution in [-0.4, -0.2) is 60.9 Å². The van der Waals surface area contributed by atoms with Crippen LogP contribution in [0.15, 0.2) is 30.3 Å². The van der Waals surface area contributed by atoms with Crippen LogP contribution in [0.3, 0.4) is 0 Å². The van der Waals surface area contributed by atoms with Gasteiger partial charge in [-0.15, -0.1) is 0 Å². The molecule has 0 radical (unpaired) electrons. The number of carbonyl (C=O) groups excluding carboxylic acids is 2. The van der Waals surface area contributed by atoms with Crippen molar-refractivity contribution in [2.45, 2.75) is 32.1 Å². The molecule has 2 rings (SSSR count). The molecule has 1 aromatic carbocycles. The Hall–Kier alpha value is -1.92. The summed E-state index contributed by atoms with van der Waals surface area (Å²) in [6, 6.07) is 9.47. The minimum atomic E-state index is -0.00844. The standard InChI is InChI=1S/C19H30N4O2/c20-11-7-2-1-6-10-19(25)23-14-12-22(13-15-23)16-18(24)21-17-8-4-3-5-9-17/h3-5,8-9H,1-2,6-7,10-16,20H2,(H,21,24). The topological polar surface area (TPSA) is 78.7 Å². The average Bonchev–Trinajstić information content (AvgIpc) is 2.63. The molecule has 0 bridgehead atoms. The fourth-order valence-electron chi connectivity index (χ4n) is 3.01. The number of rotatable bonds is 9. The van der Waals surface area contributed by atoms with E-state index in [1.54, 1.807) is 0 Å². The highest BCUT2D eigenvalue weighted by Crippen LogP contribution is 2.09. The number of carbonyl (C=O) groups is 2. The predicted octanol–water partition coefficient (Wildman–Crippen LogP) is 1.68. The van der Waals surface area contributed by atoms with E-state index in [-0.39, 0.29) is 11.8 Å². The quantitative estimate of drug-likeness (QED) is 0.667. The van der Waals surface area contributed by atoms with Crippen molar-refractivity contribution < 1.29 is 9.59 Å². The Kier molecular flexibility index (Phi) is 8.42. The number of nitrogens with one attached hydrogen (secondary N) is 1. The normalized spacial score (nSPS) is 15.2. The van der Waals surface area contributed by atoms with Crippen LogP contribution in [0, 0.1) is 0 Å². The highest BCUT2D eigenvalue weighted by Gasteiger charge is 2.22. The number of benzene rings is 1. The lowest BCUT2D eigenvalue weighted by atomic mass is 10.1. The van der Waals surface area contributed by atoms with Gasteiger partial charge in [0.2, 0.25) is 11.8 Å². The Morgan fingerprint density at radius 3 is 2.32 bits per heavy atom. The number of amides is 2. The van der Waals surface area contributed by atoms with Crippen molar-refractivity contribution in [3.63, 3.8) is 0 Å². The summed E-state index contributed by atoms with van der Waals surface area (Å²) in [4.78, 5) is 28.3. The van der Waals surface area contributed by atoms with Gasteiger partial charge in [0.25, 0.3) is 0 Å². The third kappa shape index (κ3) is 7.23. The molecule has 0 atom stereocenters. The van der Waals surface area contributed by atoms with Crippen LogP contribution in [0.2, 0.25) is 0 Å². The van der Waals surface area contributed by atoms with E-state index in [4.69, 9.17) is 5.73 Å². The van der Waals surface area contributed by atoms with Crippen molar-refractivity contribution >= 4 is 17.5 Å². The molecule has 3 N–H and O–H groups in total. The lowest BCUT2D eigenvalue weighted by Gasteiger charge is -2.34. The zero-order chi connectivity index (χ0) is 17.9. The molecule has 1 saturated heterocycles. The Bertz CT molecular complexity index is 527. The van der Waals surface area contributed by atoms with Crippen molar-refractivity contribution in [3.8, 4) is 0 Å². The molecule has 0 saturated carbocycles. The average molecular weight is 346 g/mol. The Balaban J connectivity index is 1.62. The predicted molar refractivity (Wildman–Crippen MR) is 100 cm³/mol. The van der Waals surface area contributed by atoms with Crippen molar-refractivity contribution in [2.75, 3.05) is 44.6 Å². The van der Waals surface area contributed by atoms with Crippen LogP contribution in [-0.2, 0) is 9.59 Å². The lowest BCUT2D eigenvalue weighted by Crippen LogP contribution is -2.50. The van der Waals surface area contributed by atoms with Gasteiger partial charge in [-0.1, -0.05) is 31.0 Å². The van der Waals surface area contributed by atoms with E-state index in [1.165, 1.54) is 0 Å². The van der Waals surface area contributed by atoms with Gasteiger partial charge in [0.1, 0.15) is 0 Å². The third-order valence-electron chi connectivity index (χ3n) is 4.49. The van der Waals surface area contributed by atoms with Gasteiger partial charge in [-0.2, -0.15) is 0 Å². The molecule has 6 heteroatoms. The molecule has 1 fully saturated rings. The number of nitrogens with two attached hydrogens (primary N) is 1. The van der Waals surface area contributed by atoms with Gasteiger partial charge in [-0.25, -0.2) is 0 Å². The first-order chi connectivity index (χ1) is 12.2. The molecular weight excluding hydrogens is 316 g/mol. The number of hydrogen-bond acceptors (Lipinski definition) is 4. The molecule has 25 heavy (non-hydrogen) atoms. The second-order valence-corrected chi connectivity index (χ2v) is 6.52. The van der Waals surface area contributed by atoms with Gasteiger partial charge < -0.3 is 16.0 Å². The summed E-state index contributed by atoms with van der Waals surface area (Å²) in [6.07, 6.45) is 4.78. The van der Waals surface area contributed by atoms with Crippen molar-refractivity contribution in [3.05, 3.63) is 30.3 Å². The monoisotopic (exact) mass is 346 g/mol. The number of nitrogens with zero attached hydrogens (tertiary/aromatic N) is 2. The Morgan fingerprint density at radius 2 is 1.64 bits per heavy atom. The summed E-state index contributed by atoms with van der Waals surface area (Å²) in [5, 5.41) is 2.90. The summed E-state index contributed by atoms with van der Waals surface area (Å²) in [7, 11) is 0. The van der Waals surface area contributed by atoms with E-state index in [0.717, 1.165) is 51.0 Å². The molecule has 1 aromatic rings. The number of hydrogen-bond donors (Lipinski definition) is 2. The molecule has 0 aromatic heterocycles. The van der Waals surface area contributed by atoms with E-state index in [9.17, 15) is 9.59 Å². The van der Waals surface area contributed by atoms with E-state index in [1.807, 2.05) is 35.2 Å². The summed E-state index contributed by atoms with van der Waals surface area (Å²) in [5.41, 5.74) is 6.29. The molecule has 1 heterocycles. The second-order valence-electron chi connectivity index (χ2n) is 6.52. The molecule has 2 amide bonds. The van der Waals surface area contributed by atoms with E-state index >= 15 is 0 Å². The molecule has 6 nitrogen and oxygen atoms in total. The van der Waals surface area contributed by atoms with Crippen LogP contribution in [0.5, 0.6) is 0 Å². The molecule has 0 unspecified atom stereocenters. The summed E-state index contributed by atoms with van der Waals surface area (Å²) < 4.78 is 0. The number of para-hydroxylation sites is 1. The highest BCUT2D eigenvalue weighted by molar-refractivity contribution is 5.92. The molecule has 1 aliphatic rings. The van der Waals surface area contributed by atoms with Gasteiger partial charge in [0.15, 0.2) is 0 Å². The van der Waals surface area contributed by atoms with Crippen LogP contribution in [0.4, 0.5) is 5.69 Å². The Morgan fingerprint density at radius 1 is 0.960 bits per heavy atom. The van der Waals surface area contributed by atoms with Gasteiger partial charge in [0, 0.05) is 38.3 Å². The first-order valence-electron chi connectivity index (χ1n) is 9.24. The van der Waals surface area contributed by atoms with Crippen LogP contribution in [0.25, 0.3) is 0 Å². The molecular formula is C19H30N4O2. The minimum absolute atomic E-state index is 0.00844. The van der Waals surface area contributed by atoms with E-state index < -0.39 is 0 Å². The zero-order valence-corrected chi connectivity index (χ0v) is 15.0. The number of unbranched alkanes of at least 4 members (excludes halogenated alkanes) is 3. The summed E-state index contributed by atoms with van der Waals surface area (Å²) in [5.74, 6) is 0.229. The largest absolute Gasteiger partial charge is 0.340 e. The van der Waals surface area contributed by atoms with Crippen LogP contribution in [0.1, 0.15) is 32.1 Å². The first kappa shape index (κ1) is 19.4. The number of piperazine rings is 1. The Labute approximate surface area is 150 Å². The lowest BCUT2D eigenvalue weighted by molar-refractivity contribution is -0.133. The fourth-order valence-corrected chi connectivity index (χ4v) is 3.01. The molecule has 0 aliphatic carbocycles. The molecule has 1 aliphatic heterocycles.